The Morgan fingerprint density at radius 2 is 1.53 bits per heavy atom. The first kappa shape index (κ1) is 40.1. The van der Waals surface area contributed by atoms with Crippen molar-refractivity contribution in [3.05, 3.63) is 87.1 Å². The molecule has 2 aliphatic heterocycles. The number of carboxylic acids is 1. The van der Waals surface area contributed by atoms with Crippen LogP contribution in [-0.2, 0) is 24.3 Å². The lowest BCUT2D eigenvalue weighted by molar-refractivity contribution is -0.136. The number of aliphatic hydroxyl groups is 1. The van der Waals surface area contributed by atoms with Crippen LogP contribution in [0.4, 0.5) is 8.78 Å². The van der Waals surface area contributed by atoms with Gasteiger partial charge in [-0.2, -0.15) is 0 Å². The molecule has 1 fully saturated rings. The topological polar surface area (TPSA) is 64.0 Å². The number of benzene rings is 2. The molecule has 5 nitrogen and oxygen atoms in total. The molecule has 0 saturated carbocycles. The molecule has 0 bridgehead atoms. The van der Waals surface area contributed by atoms with E-state index in [4.69, 9.17) is 5.11 Å². The lowest BCUT2D eigenvalue weighted by atomic mass is 9.80. The standard InChI is InChI=1S/C34H44F2N2O2.C4H10O.C2H6/c1-22(2)28(19-31(39)40)33(38-15-12-34(5,6)13-16-38)32(23(3)4)26-8-9-27-21-37(14-11-25(27)18-26)20-24-7-10-29(35)30(36)17-24;1-4(2,3)5;1-2/h7-10,17-18,22H,11-16,19-21H2,1-6H3,(H,39,40);5H,1-3H3;1-2H3/b33-28+;;. The minimum absolute atomic E-state index is 0.0353. The average Bonchev–Trinajstić information content (AvgIpc) is 2.96. The Kier molecular flexibility index (Phi) is 14.9. The molecule has 2 N–H and O–H groups in total. The van der Waals surface area contributed by atoms with Gasteiger partial charge in [0, 0.05) is 44.0 Å². The summed E-state index contributed by atoms with van der Waals surface area (Å²) >= 11 is 0. The molecule has 47 heavy (non-hydrogen) atoms. The van der Waals surface area contributed by atoms with Gasteiger partial charge in [-0.1, -0.05) is 71.4 Å². The molecule has 0 unspecified atom stereocenters. The van der Waals surface area contributed by atoms with Crippen LogP contribution in [0.2, 0.25) is 0 Å². The zero-order valence-corrected chi connectivity index (χ0v) is 30.9. The van der Waals surface area contributed by atoms with Crippen LogP contribution in [0, 0.1) is 23.0 Å². The number of carboxylic acid groups (broad SMARTS) is 1. The van der Waals surface area contributed by atoms with Gasteiger partial charge in [0.2, 0.25) is 0 Å². The van der Waals surface area contributed by atoms with E-state index >= 15 is 0 Å². The summed E-state index contributed by atoms with van der Waals surface area (Å²) in [5.41, 5.74) is 8.64. The summed E-state index contributed by atoms with van der Waals surface area (Å²) in [6.07, 6.45) is 3.05. The Balaban J connectivity index is 0.00000100. The number of halogens is 2. The van der Waals surface area contributed by atoms with Gasteiger partial charge in [-0.05, 0) is 105 Å². The average molecular weight is 655 g/mol. The van der Waals surface area contributed by atoms with Crippen LogP contribution in [0.25, 0.3) is 5.57 Å². The molecule has 1 saturated heterocycles. The minimum atomic E-state index is -0.819. The normalized spacial score (nSPS) is 16.6. The predicted molar refractivity (Wildman–Crippen MR) is 191 cm³/mol. The molecule has 0 radical (unpaired) electrons. The molecule has 4 rings (SSSR count). The maximum Gasteiger partial charge on any atom is 0.307 e. The van der Waals surface area contributed by atoms with E-state index in [2.05, 4.69) is 69.5 Å². The van der Waals surface area contributed by atoms with E-state index in [0.29, 0.717) is 6.54 Å². The molecule has 0 aliphatic carbocycles. The molecule has 2 aromatic carbocycles. The predicted octanol–water partition coefficient (Wildman–Crippen LogP) is 9.63. The number of hydrogen-bond donors (Lipinski definition) is 2. The van der Waals surface area contributed by atoms with Crippen molar-refractivity contribution in [2.24, 2.45) is 11.3 Å². The van der Waals surface area contributed by atoms with E-state index in [0.717, 1.165) is 73.4 Å². The molecule has 2 aliphatic rings. The SMILES string of the molecule is CC.CC(C)(C)O.CC(C)=C(/C(=C(/CC(=O)O)C(C)C)N1CCC(C)(C)CC1)c1ccc2c(c1)CCN(Cc1ccc(F)c(F)c1)C2. The Labute approximate surface area is 283 Å². The van der Waals surface area contributed by atoms with Crippen LogP contribution in [0.15, 0.2) is 53.2 Å². The summed E-state index contributed by atoms with van der Waals surface area (Å²) in [4.78, 5) is 16.7. The Bertz CT molecular complexity index is 1400. The maximum atomic E-state index is 13.7. The van der Waals surface area contributed by atoms with E-state index in [1.54, 1.807) is 26.8 Å². The summed E-state index contributed by atoms with van der Waals surface area (Å²) in [6.45, 7) is 26.3. The third kappa shape index (κ3) is 12.5. The highest BCUT2D eigenvalue weighted by molar-refractivity contribution is 5.83. The number of fused-ring (bicyclic) bond motifs is 1. The molecule has 262 valence electrons. The summed E-state index contributed by atoms with van der Waals surface area (Å²) in [6, 6.07) is 10.8. The van der Waals surface area contributed by atoms with Crippen molar-refractivity contribution in [1.29, 1.82) is 0 Å². The number of carbonyl (C=O) groups is 1. The van der Waals surface area contributed by atoms with Crippen molar-refractivity contribution < 1.29 is 23.8 Å². The molecule has 0 atom stereocenters. The van der Waals surface area contributed by atoms with Gasteiger partial charge < -0.3 is 15.1 Å². The third-order valence-electron chi connectivity index (χ3n) is 8.49. The number of allylic oxidation sites excluding steroid dienone is 2. The molecule has 2 aromatic rings. The van der Waals surface area contributed by atoms with Crippen molar-refractivity contribution in [3.8, 4) is 0 Å². The van der Waals surface area contributed by atoms with Gasteiger partial charge in [-0.3, -0.25) is 9.69 Å². The van der Waals surface area contributed by atoms with Crippen molar-refractivity contribution in [2.45, 2.75) is 121 Å². The van der Waals surface area contributed by atoms with Crippen LogP contribution in [-0.4, -0.2) is 51.2 Å². The smallest absolute Gasteiger partial charge is 0.307 e. The summed E-state index contributed by atoms with van der Waals surface area (Å²) in [5.74, 6) is -2.31. The van der Waals surface area contributed by atoms with Crippen molar-refractivity contribution in [2.75, 3.05) is 19.6 Å². The van der Waals surface area contributed by atoms with Crippen LogP contribution in [0.3, 0.4) is 0 Å². The highest BCUT2D eigenvalue weighted by Crippen LogP contribution is 2.40. The van der Waals surface area contributed by atoms with Gasteiger partial charge in [0.05, 0.1) is 12.0 Å². The quantitative estimate of drug-likeness (QED) is 0.278. The van der Waals surface area contributed by atoms with Crippen LogP contribution in [0.5, 0.6) is 0 Å². The minimum Gasteiger partial charge on any atom is -0.481 e. The van der Waals surface area contributed by atoms with E-state index in [1.807, 2.05) is 13.8 Å². The lowest BCUT2D eigenvalue weighted by Crippen LogP contribution is -2.38. The third-order valence-corrected chi connectivity index (χ3v) is 8.49. The first-order chi connectivity index (χ1) is 21.8. The van der Waals surface area contributed by atoms with Gasteiger partial charge in [0.25, 0.3) is 0 Å². The van der Waals surface area contributed by atoms with E-state index < -0.39 is 23.2 Å². The van der Waals surface area contributed by atoms with Crippen LogP contribution in [0.1, 0.15) is 118 Å². The molecule has 0 amide bonds. The lowest BCUT2D eigenvalue weighted by Gasteiger charge is -2.42. The summed E-state index contributed by atoms with van der Waals surface area (Å²) in [7, 11) is 0. The molecule has 2 heterocycles. The molecule has 7 heteroatoms. The number of likely N-dealkylation sites (tertiary alicyclic amines) is 1. The second kappa shape index (κ2) is 17.4. The summed E-state index contributed by atoms with van der Waals surface area (Å²) in [5, 5.41) is 18.4. The first-order valence-corrected chi connectivity index (χ1v) is 17.2. The monoisotopic (exact) mass is 654 g/mol. The second-order valence-corrected chi connectivity index (χ2v) is 15.0. The maximum absolute atomic E-state index is 13.7. The van der Waals surface area contributed by atoms with Crippen LogP contribution >= 0.6 is 0 Å². The fourth-order valence-electron chi connectivity index (χ4n) is 6.04. The van der Waals surface area contributed by atoms with E-state index in [-0.39, 0.29) is 17.8 Å². The first-order valence-electron chi connectivity index (χ1n) is 17.2. The fraction of sp³-hybridized carbons (Fsp3) is 0.575. The van der Waals surface area contributed by atoms with Crippen molar-refractivity contribution in [3.63, 3.8) is 0 Å². The molecular weight excluding hydrogens is 594 g/mol. The number of piperidine rings is 1. The summed E-state index contributed by atoms with van der Waals surface area (Å²) < 4.78 is 27.1. The second-order valence-electron chi connectivity index (χ2n) is 15.0. The van der Waals surface area contributed by atoms with Crippen molar-refractivity contribution in [1.82, 2.24) is 9.80 Å². The molecular formula is C40H60F2N2O3. The Morgan fingerprint density at radius 1 is 0.936 bits per heavy atom. The van der Waals surface area contributed by atoms with E-state index in [1.165, 1.54) is 28.8 Å². The number of aliphatic carboxylic acids is 1. The Morgan fingerprint density at radius 3 is 2.04 bits per heavy atom. The number of rotatable bonds is 8. The number of nitrogens with zero attached hydrogens (tertiary/aromatic N) is 2. The van der Waals surface area contributed by atoms with Gasteiger partial charge in [-0.25, -0.2) is 8.78 Å². The molecule has 0 aromatic heterocycles. The Hall–Kier alpha value is -3.03. The largest absolute Gasteiger partial charge is 0.481 e. The van der Waals surface area contributed by atoms with Gasteiger partial charge >= 0.3 is 5.97 Å². The zero-order chi connectivity index (χ0) is 35.7. The van der Waals surface area contributed by atoms with Gasteiger partial charge in [-0.15, -0.1) is 0 Å². The van der Waals surface area contributed by atoms with Gasteiger partial charge in [0.1, 0.15) is 0 Å². The highest BCUT2D eigenvalue weighted by Gasteiger charge is 2.31. The van der Waals surface area contributed by atoms with E-state index in [9.17, 15) is 18.7 Å². The zero-order valence-electron chi connectivity index (χ0n) is 30.9. The molecule has 0 spiro atoms. The van der Waals surface area contributed by atoms with Crippen molar-refractivity contribution >= 4 is 11.5 Å². The highest BCUT2D eigenvalue weighted by atomic mass is 19.2. The fourth-order valence-corrected chi connectivity index (χ4v) is 6.04. The van der Waals surface area contributed by atoms with Crippen LogP contribution < -0.4 is 0 Å². The van der Waals surface area contributed by atoms with Gasteiger partial charge in [0.15, 0.2) is 11.6 Å². The number of hydrogen-bond acceptors (Lipinski definition) is 4.